The molecule has 0 aliphatic heterocycles. The number of hydrogen-bond acceptors (Lipinski definition) is 6. The first kappa shape index (κ1) is 15.8. The van der Waals surface area contributed by atoms with Gasteiger partial charge in [0.15, 0.2) is 0 Å². The molecule has 0 unspecified atom stereocenters. The zero-order chi connectivity index (χ0) is 16.9. The molecule has 24 heavy (non-hydrogen) atoms. The van der Waals surface area contributed by atoms with Crippen LogP contribution in [-0.4, -0.2) is 31.9 Å². The third kappa shape index (κ3) is 3.79. The maximum atomic E-state index is 12.1. The number of hydrogen-bond donors (Lipinski definition) is 2. The number of carbonyl (C=O) groups excluding carboxylic acids is 1. The second kappa shape index (κ2) is 6.97. The fourth-order valence-electron chi connectivity index (χ4n) is 2.00. The van der Waals surface area contributed by atoms with Gasteiger partial charge < -0.3 is 10.4 Å². The van der Waals surface area contributed by atoms with Crippen molar-refractivity contribution < 1.29 is 14.7 Å². The number of thiazole rings is 1. The Morgan fingerprint density at radius 3 is 2.88 bits per heavy atom. The summed E-state index contributed by atoms with van der Waals surface area (Å²) >= 11 is 1.44. The first-order valence-corrected chi connectivity index (χ1v) is 7.84. The molecule has 0 aliphatic carbocycles. The highest BCUT2D eigenvalue weighted by Gasteiger charge is 2.11. The number of carbonyl (C=O) groups is 2. The van der Waals surface area contributed by atoms with Crippen LogP contribution in [0.15, 0.2) is 48.2 Å². The van der Waals surface area contributed by atoms with Crippen LogP contribution in [0.5, 0.6) is 0 Å². The summed E-state index contributed by atoms with van der Waals surface area (Å²) in [4.78, 5) is 35.1. The van der Waals surface area contributed by atoms with Crippen LogP contribution in [0, 0.1) is 0 Å². The number of aromatic carboxylic acids is 1. The van der Waals surface area contributed by atoms with Crippen LogP contribution >= 0.6 is 11.3 Å². The van der Waals surface area contributed by atoms with E-state index in [1.54, 1.807) is 12.4 Å². The van der Waals surface area contributed by atoms with E-state index < -0.39 is 5.97 Å². The highest BCUT2D eigenvalue weighted by atomic mass is 32.1. The van der Waals surface area contributed by atoms with Gasteiger partial charge in [-0.1, -0.05) is 0 Å². The Labute approximate surface area is 141 Å². The quantitative estimate of drug-likeness (QED) is 0.739. The summed E-state index contributed by atoms with van der Waals surface area (Å²) in [5.41, 5.74) is 1.80. The predicted octanol–water partition coefficient (Wildman–Crippen LogP) is 2.48. The van der Waals surface area contributed by atoms with Crippen molar-refractivity contribution in [3.8, 4) is 10.6 Å². The highest BCUT2D eigenvalue weighted by Crippen LogP contribution is 2.23. The van der Waals surface area contributed by atoms with E-state index in [9.17, 15) is 9.59 Å². The molecule has 0 fully saturated rings. The third-order valence-corrected chi connectivity index (χ3v) is 4.00. The summed E-state index contributed by atoms with van der Waals surface area (Å²) in [6.45, 7) is 0. The van der Waals surface area contributed by atoms with E-state index in [-0.39, 0.29) is 18.0 Å². The Morgan fingerprint density at radius 1 is 1.25 bits per heavy atom. The van der Waals surface area contributed by atoms with Gasteiger partial charge in [-0.25, -0.2) is 14.8 Å². The molecule has 0 aliphatic rings. The van der Waals surface area contributed by atoms with E-state index in [0.717, 1.165) is 10.6 Å². The summed E-state index contributed by atoms with van der Waals surface area (Å²) < 4.78 is 0. The molecule has 3 aromatic heterocycles. The van der Waals surface area contributed by atoms with Crippen LogP contribution < -0.4 is 5.32 Å². The first-order valence-electron chi connectivity index (χ1n) is 6.96. The minimum Gasteiger partial charge on any atom is -0.477 e. The van der Waals surface area contributed by atoms with Crippen molar-refractivity contribution in [1.29, 1.82) is 0 Å². The van der Waals surface area contributed by atoms with E-state index in [1.807, 2.05) is 17.5 Å². The summed E-state index contributed by atoms with van der Waals surface area (Å²) in [5, 5.41) is 14.2. The van der Waals surface area contributed by atoms with Crippen LogP contribution in [-0.2, 0) is 11.2 Å². The smallest absolute Gasteiger partial charge is 0.354 e. The van der Waals surface area contributed by atoms with Gasteiger partial charge in [-0.15, -0.1) is 11.3 Å². The zero-order valence-electron chi connectivity index (χ0n) is 12.3. The lowest BCUT2D eigenvalue weighted by Gasteiger charge is -2.04. The molecule has 1 amide bonds. The average molecular weight is 340 g/mol. The molecule has 3 rings (SSSR count). The van der Waals surface area contributed by atoms with Crippen molar-refractivity contribution in [3.63, 3.8) is 0 Å². The van der Waals surface area contributed by atoms with Crippen LogP contribution in [0.4, 0.5) is 5.69 Å². The normalized spacial score (nSPS) is 10.3. The molecule has 120 valence electrons. The van der Waals surface area contributed by atoms with E-state index in [0.29, 0.717) is 11.4 Å². The number of aromatic nitrogens is 3. The maximum Gasteiger partial charge on any atom is 0.354 e. The standard InChI is InChI=1S/C16H12N4O3S/c21-14(19-11-3-5-18-13(6-11)16(22)23)7-12-9-24-15(20-12)10-2-1-4-17-8-10/h1-6,8-9H,7H2,(H,22,23)(H,18,19,21). The molecule has 0 saturated carbocycles. The zero-order valence-corrected chi connectivity index (χ0v) is 13.2. The van der Waals surface area contributed by atoms with Gasteiger partial charge in [-0.05, 0) is 24.3 Å². The molecular weight excluding hydrogens is 328 g/mol. The molecule has 0 aromatic carbocycles. The van der Waals surface area contributed by atoms with Crippen molar-refractivity contribution in [2.45, 2.75) is 6.42 Å². The van der Waals surface area contributed by atoms with E-state index >= 15 is 0 Å². The largest absolute Gasteiger partial charge is 0.477 e. The Kier molecular flexibility index (Phi) is 4.57. The van der Waals surface area contributed by atoms with Crippen LogP contribution in [0.1, 0.15) is 16.2 Å². The molecule has 0 saturated heterocycles. The average Bonchev–Trinajstić information content (AvgIpc) is 3.04. The number of anilines is 1. The molecule has 0 bridgehead atoms. The van der Waals surface area contributed by atoms with Gasteiger partial charge in [-0.2, -0.15) is 0 Å². The highest BCUT2D eigenvalue weighted by molar-refractivity contribution is 7.13. The van der Waals surface area contributed by atoms with Crippen molar-refractivity contribution in [2.24, 2.45) is 0 Å². The van der Waals surface area contributed by atoms with Crippen LogP contribution in [0.3, 0.4) is 0 Å². The monoisotopic (exact) mass is 340 g/mol. The number of carboxylic acids is 1. The fraction of sp³-hybridized carbons (Fsp3) is 0.0625. The minimum atomic E-state index is -1.15. The van der Waals surface area contributed by atoms with E-state index in [2.05, 4.69) is 20.3 Å². The molecule has 0 radical (unpaired) electrons. The van der Waals surface area contributed by atoms with Gasteiger partial charge in [0.1, 0.15) is 10.7 Å². The van der Waals surface area contributed by atoms with Crippen molar-refractivity contribution in [2.75, 3.05) is 5.32 Å². The number of pyridine rings is 2. The molecule has 3 heterocycles. The lowest BCUT2D eigenvalue weighted by molar-refractivity contribution is -0.115. The van der Waals surface area contributed by atoms with Gasteiger partial charge >= 0.3 is 5.97 Å². The van der Waals surface area contributed by atoms with Gasteiger partial charge in [0.2, 0.25) is 5.91 Å². The summed E-state index contributed by atoms with van der Waals surface area (Å²) in [6, 6.07) is 6.57. The first-order chi connectivity index (χ1) is 11.6. The Hall–Kier alpha value is -3.13. The molecular formula is C16H12N4O3S. The summed E-state index contributed by atoms with van der Waals surface area (Å²) in [6.07, 6.45) is 4.84. The topological polar surface area (TPSA) is 105 Å². The maximum absolute atomic E-state index is 12.1. The lowest BCUT2D eigenvalue weighted by Crippen LogP contribution is -2.15. The number of amides is 1. The fourth-order valence-corrected chi connectivity index (χ4v) is 2.82. The number of nitrogens with one attached hydrogen (secondary N) is 1. The number of carboxylic acid groups (broad SMARTS) is 1. The van der Waals surface area contributed by atoms with Gasteiger partial charge in [0.05, 0.1) is 12.1 Å². The van der Waals surface area contributed by atoms with E-state index in [4.69, 9.17) is 5.11 Å². The van der Waals surface area contributed by atoms with Gasteiger partial charge in [-0.3, -0.25) is 9.78 Å². The van der Waals surface area contributed by atoms with Crippen molar-refractivity contribution in [1.82, 2.24) is 15.0 Å². The third-order valence-electron chi connectivity index (χ3n) is 3.06. The molecule has 7 nitrogen and oxygen atoms in total. The summed E-state index contributed by atoms with van der Waals surface area (Å²) in [7, 11) is 0. The van der Waals surface area contributed by atoms with Gasteiger partial charge in [0, 0.05) is 35.2 Å². The number of rotatable bonds is 5. The molecule has 0 spiro atoms. The molecule has 8 heteroatoms. The Bertz CT molecular complexity index is 880. The van der Waals surface area contributed by atoms with Crippen LogP contribution in [0.2, 0.25) is 0 Å². The minimum absolute atomic E-state index is 0.0987. The second-order valence-corrected chi connectivity index (χ2v) is 5.70. The van der Waals surface area contributed by atoms with Crippen molar-refractivity contribution >= 4 is 28.9 Å². The van der Waals surface area contributed by atoms with Crippen molar-refractivity contribution in [3.05, 3.63) is 59.6 Å². The van der Waals surface area contributed by atoms with E-state index in [1.165, 1.54) is 29.7 Å². The lowest BCUT2D eigenvalue weighted by atomic mass is 10.2. The summed E-state index contributed by atoms with van der Waals surface area (Å²) in [5.74, 6) is -1.42. The van der Waals surface area contributed by atoms with Crippen LogP contribution in [0.25, 0.3) is 10.6 Å². The SMILES string of the molecule is O=C(Cc1csc(-c2cccnc2)n1)Nc1ccnc(C(=O)O)c1. The molecule has 2 N–H and O–H groups in total. The Balaban J connectivity index is 1.66. The second-order valence-electron chi connectivity index (χ2n) is 4.85. The predicted molar refractivity (Wildman–Crippen MR) is 88.9 cm³/mol. The molecule has 0 atom stereocenters. The number of nitrogens with zero attached hydrogens (tertiary/aromatic N) is 3. The molecule has 3 aromatic rings. The Morgan fingerprint density at radius 2 is 2.12 bits per heavy atom. The van der Waals surface area contributed by atoms with Gasteiger partial charge in [0.25, 0.3) is 0 Å².